The maximum absolute atomic E-state index is 4.55. The standard InChI is InChI=1S/C17H17N5/c1-12-5-6-14(18-2)10-16(12)22-17-20-9-7-15(21-17)13-4-3-8-19-11-13/h3-11H,2,18H2,1H3,(H,20,21,22). The number of rotatable bonds is 4. The molecule has 3 aromatic rings. The van der Waals surface area contributed by atoms with Crippen LogP contribution in [-0.2, 0) is 0 Å². The van der Waals surface area contributed by atoms with Crippen LogP contribution in [-0.4, -0.2) is 15.0 Å². The molecule has 0 fully saturated rings. The third kappa shape index (κ3) is 3.10. The number of nitrogens with zero attached hydrogens (tertiary/aromatic N) is 3. The smallest absolute Gasteiger partial charge is 0.227 e. The first-order valence-electron chi connectivity index (χ1n) is 7.00. The van der Waals surface area contributed by atoms with E-state index < -0.39 is 0 Å². The zero-order chi connectivity index (χ0) is 15.4. The number of nitrogens with two attached hydrogens (primary N) is 1. The van der Waals surface area contributed by atoms with Crippen molar-refractivity contribution in [3.05, 3.63) is 67.6 Å². The molecule has 0 spiro atoms. The Morgan fingerprint density at radius 3 is 2.82 bits per heavy atom. The highest BCUT2D eigenvalue weighted by Crippen LogP contribution is 2.22. The van der Waals surface area contributed by atoms with Crippen molar-refractivity contribution in [2.24, 2.45) is 0 Å². The van der Waals surface area contributed by atoms with Crippen LogP contribution in [0.1, 0.15) is 5.56 Å². The zero-order valence-corrected chi connectivity index (χ0v) is 12.3. The number of aromatic nitrogens is 3. The van der Waals surface area contributed by atoms with E-state index in [2.05, 4.69) is 27.3 Å². The Kier molecular flexibility index (Phi) is 4.07. The first-order valence-corrected chi connectivity index (χ1v) is 7.00. The summed E-state index contributed by atoms with van der Waals surface area (Å²) >= 11 is 0. The number of aryl methyl sites for hydroxylation is 1. The molecule has 5 heteroatoms. The Bertz CT molecular complexity index is 771. The van der Waals surface area contributed by atoms with Gasteiger partial charge >= 0.3 is 0 Å². The van der Waals surface area contributed by atoms with Crippen LogP contribution in [0.3, 0.4) is 0 Å². The minimum atomic E-state index is 0.561. The van der Waals surface area contributed by atoms with Crippen molar-refractivity contribution in [3.8, 4) is 11.3 Å². The molecule has 5 nitrogen and oxygen atoms in total. The quantitative estimate of drug-likeness (QED) is 0.572. The predicted molar refractivity (Wildman–Crippen MR) is 86.7 cm³/mol. The summed E-state index contributed by atoms with van der Waals surface area (Å²) < 4.78 is 0. The summed E-state index contributed by atoms with van der Waals surface area (Å²) in [4.78, 5) is 13.0. The fourth-order valence-electron chi connectivity index (χ4n) is 2.12. The maximum atomic E-state index is 4.55. The van der Waals surface area contributed by atoms with Gasteiger partial charge in [0.25, 0.3) is 0 Å². The average Bonchev–Trinajstić information content (AvgIpc) is 2.58. The van der Waals surface area contributed by atoms with E-state index in [9.17, 15) is 0 Å². The van der Waals surface area contributed by atoms with Crippen LogP contribution < -0.4 is 10.6 Å². The first kappa shape index (κ1) is 14.2. The van der Waals surface area contributed by atoms with Crippen LogP contribution in [0, 0.1) is 14.0 Å². The van der Waals surface area contributed by atoms with Crippen molar-refractivity contribution in [1.29, 1.82) is 0 Å². The van der Waals surface area contributed by atoms with E-state index in [1.807, 2.05) is 48.6 Å². The molecule has 3 N–H and O–H groups in total. The molecule has 0 atom stereocenters. The van der Waals surface area contributed by atoms with Gasteiger partial charge in [-0.05, 0) is 36.8 Å². The second-order valence-corrected chi connectivity index (χ2v) is 4.91. The van der Waals surface area contributed by atoms with Gasteiger partial charge in [-0.15, -0.1) is 7.05 Å². The number of quaternary nitrogens is 1. The number of benzene rings is 1. The number of hydrogen-bond donors (Lipinski definition) is 2. The summed E-state index contributed by atoms with van der Waals surface area (Å²) in [5.74, 6) is 0.561. The Labute approximate surface area is 129 Å². The molecule has 0 radical (unpaired) electrons. The second-order valence-electron chi connectivity index (χ2n) is 4.91. The van der Waals surface area contributed by atoms with E-state index in [-0.39, 0.29) is 0 Å². The van der Waals surface area contributed by atoms with Crippen LogP contribution in [0.5, 0.6) is 0 Å². The van der Waals surface area contributed by atoms with Crippen molar-refractivity contribution in [2.75, 3.05) is 5.32 Å². The highest BCUT2D eigenvalue weighted by molar-refractivity contribution is 5.64. The molecular weight excluding hydrogens is 274 g/mol. The minimum Gasteiger partial charge on any atom is -0.446 e. The molecule has 0 bridgehead atoms. The number of hydrogen-bond acceptors (Lipinski definition) is 4. The minimum absolute atomic E-state index is 0.561. The average molecular weight is 291 g/mol. The Morgan fingerprint density at radius 1 is 1.14 bits per heavy atom. The lowest BCUT2D eigenvalue weighted by Crippen LogP contribution is -2.69. The van der Waals surface area contributed by atoms with Gasteiger partial charge in [-0.1, -0.05) is 6.07 Å². The summed E-state index contributed by atoms with van der Waals surface area (Å²) in [5.41, 5.74) is 4.95. The Morgan fingerprint density at radius 2 is 2.05 bits per heavy atom. The van der Waals surface area contributed by atoms with Crippen molar-refractivity contribution in [3.63, 3.8) is 0 Å². The molecule has 1 aromatic carbocycles. The van der Waals surface area contributed by atoms with Gasteiger partial charge in [0.15, 0.2) is 0 Å². The van der Waals surface area contributed by atoms with Crippen LogP contribution in [0.2, 0.25) is 0 Å². The van der Waals surface area contributed by atoms with Gasteiger partial charge in [0.1, 0.15) is 5.69 Å². The monoisotopic (exact) mass is 291 g/mol. The lowest BCUT2D eigenvalue weighted by atomic mass is 10.2. The molecule has 0 aliphatic carbocycles. The SMILES string of the molecule is [CH2-][NH2+]c1ccc(C)c(Nc2nccc(-c3cccnc3)n2)c1. The van der Waals surface area contributed by atoms with Gasteiger partial charge in [-0.3, -0.25) is 4.98 Å². The van der Waals surface area contributed by atoms with E-state index in [1.54, 1.807) is 18.6 Å². The van der Waals surface area contributed by atoms with E-state index in [0.717, 1.165) is 28.2 Å². The van der Waals surface area contributed by atoms with Crippen LogP contribution in [0.15, 0.2) is 55.0 Å². The molecule has 2 heterocycles. The van der Waals surface area contributed by atoms with Crippen LogP contribution in [0.25, 0.3) is 11.3 Å². The lowest BCUT2D eigenvalue weighted by Gasteiger charge is -2.10. The van der Waals surface area contributed by atoms with Crippen molar-refractivity contribution >= 4 is 17.3 Å². The van der Waals surface area contributed by atoms with Crippen LogP contribution >= 0.6 is 0 Å². The zero-order valence-electron chi connectivity index (χ0n) is 12.3. The van der Waals surface area contributed by atoms with E-state index in [4.69, 9.17) is 0 Å². The van der Waals surface area contributed by atoms with Crippen molar-refractivity contribution < 1.29 is 5.32 Å². The van der Waals surface area contributed by atoms with Crippen molar-refractivity contribution in [2.45, 2.75) is 6.92 Å². The molecule has 22 heavy (non-hydrogen) atoms. The number of pyridine rings is 1. The van der Waals surface area contributed by atoms with Crippen molar-refractivity contribution in [1.82, 2.24) is 15.0 Å². The van der Waals surface area contributed by atoms with Gasteiger partial charge < -0.3 is 10.6 Å². The third-order valence-electron chi connectivity index (χ3n) is 3.36. The summed E-state index contributed by atoms with van der Waals surface area (Å²) in [6.07, 6.45) is 5.27. The Hall–Kier alpha value is -2.79. The highest BCUT2D eigenvalue weighted by atomic mass is 15.1. The molecule has 110 valence electrons. The predicted octanol–water partition coefficient (Wildman–Crippen LogP) is 2.58. The van der Waals surface area contributed by atoms with Gasteiger partial charge in [-0.2, -0.15) is 0 Å². The molecular formula is C17H17N5. The normalized spacial score (nSPS) is 10.5. The van der Waals surface area contributed by atoms with E-state index in [1.165, 1.54) is 0 Å². The number of nitrogens with one attached hydrogen (secondary N) is 1. The van der Waals surface area contributed by atoms with Gasteiger partial charge in [0.2, 0.25) is 5.95 Å². The van der Waals surface area contributed by atoms with Gasteiger partial charge in [0, 0.05) is 35.9 Å². The molecule has 0 unspecified atom stereocenters. The largest absolute Gasteiger partial charge is 0.446 e. The summed E-state index contributed by atoms with van der Waals surface area (Å²) in [7, 11) is 3.80. The summed E-state index contributed by atoms with van der Waals surface area (Å²) in [6, 6.07) is 11.8. The second kappa shape index (κ2) is 6.32. The summed E-state index contributed by atoms with van der Waals surface area (Å²) in [5, 5.41) is 5.08. The molecule has 0 amide bonds. The van der Waals surface area contributed by atoms with Gasteiger partial charge in [0.05, 0.1) is 5.69 Å². The maximum Gasteiger partial charge on any atom is 0.227 e. The van der Waals surface area contributed by atoms with Gasteiger partial charge in [-0.25, -0.2) is 9.97 Å². The van der Waals surface area contributed by atoms with E-state index >= 15 is 0 Å². The fraction of sp³-hybridized carbons (Fsp3) is 0.0588. The third-order valence-corrected chi connectivity index (χ3v) is 3.36. The molecule has 0 saturated carbocycles. The van der Waals surface area contributed by atoms with E-state index in [0.29, 0.717) is 5.95 Å². The highest BCUT2D eigenvalue weighted by Gasteiger charge is 2.05. The molecule has 0 aliphatic heterocycles. The number of anilines is 2. The first-order chi connectivity index (χ1) is 10.8. The molecule has 0 aliphatic rings. The molecule has 0 saturated heterocycles. The Balaban J connectivity index is 1.90. The molecule has 3 rings (SSSR count). The van der Waals surface area contributed by atoms with Crippen LogP contribution in [0.4, 0.5) is 17.3 Å². The fourth-order valence-corrected chi connectivity index (χ4v) is 2.12. The summed E-state index contributed by atoms with van der Waals surface area (Å²) in [6.45, 7) is 2.04. The lowest BCUT2D eigenvalue weighted by molar-refractivity contribution is -0.504. The topological polar surface area (TPSA) is 67.3 Å². The molecule has 2 aromatic heterocycles.